The van der Waals surface area contributed by atoms with Crippen LogP contribution in [0.1, 0.15) is 13.8 Å². The molecule has 0 aromatic heterocycles. The Morgan fingerprint density at radius 3 is 2.33 bits per heavy atom. The number of nitrogens with one attached hydrogen (secondary N) is 1. The van der Waals surface area contributed by atoms with Crippen LogP contribution in [0.5, 0.6) is 11.5 Å². The lowest BCUT2D eigenvalue weighted by atomic mass is 10.2. The minimum absolute atomic E-state index is 0.0112. The second-order valence-corrected chi connectivity index (χ2v) is 6.81. The van der Waals surface area contributed by atoms with Crippen molar-refractivity contribution >= 4 is 10.0 Å². The van der Waals surface area contributed by atoms with Crippen LogP contribution in [0.15, 0.2) is 23.1 Å². The molecule has 118 valence electrons. The Labute approximate surface area is 126 Å². The first-order chi connectivity index (χ1) is 10.0. The molecule has 0 spiro atoms. The molecular weight excluding hydrogens is 292 g/mol. The Morgan fingerprint density at radius 1 is 1.19 bits per heavy atom. The van der Waals surface area contributed by atoms with Gasteiger partial charge in [0.25, 0.3) is 0 Å². The molecule has 1 heterocycles. The number of hydrogen-bond acceptors (Lipinski definition) is 5. The Kier molecular flexibility index (Phi) is 5.08. The fourth-order valence-corrected chi connectivity index (χ4v) is 3.46. The first-order valence-corrected chi connectivity index (χ1v) is 8.53. The van der Waals surface area contributed by atoms with E-state index >= 15 is 0 Å². The molecule has 7 heteroatoms. The number of nitrogens with zero attached hydrogens (tertiary/aromatic N) is 1. The molecule has 0 atom stereocenters. The van der Waals surface area contributed by atoms with Crippen LogP contribution in [0, 0.1) is 0 Å². The van der Waals surface area contributed by atoms with Gasteiger partial charge in [0.1, 0.15) is 0 Å². The minimum Gasteiger partial charge on any atom is -0.490 e. The highest BCUT2D eigenvalue weighted by Gasteiger charge is 2.32. The van der Waals surface area contributed by atoms with Gasteiger partial charge in [-0.25, -0.2) is 8.42 Å². The van der Waals surface area contributed by atoms with E-state index in [1.54, 1.807) is 19.2 Å². The molecule has 0 bridgehead atoms. The zero-order valence-corrected chi connectivity index (χ0v) is 13.4. The van der Waals surface area contributed by atoms with E-state index in [0.717, 1.165) is 0 Å². The summed E-state index contributed by atoms with van der Waals surface area (Å²) in [7, 11) is -1.91. The molecule has 0 unspecified atom stereocenters. The SMILES string of the molecule is CCOc1ccc(S(=O)(=O)N(C)C2CNC2)cc1OCC. The fourth-order valence-electron chi connectivity index (χ4n) is 2.08. The molecule has 1 saturated heterocycles. The molecule has 2 rings (SSSR count). The molecule has 0 aliphatic carbocycles. The molecule has 1 aliphatic rings. The monoisotopic (exact) mass is 314 g/mol. The third kappa shape index (κ3) is 3.30. The quantitative estimate of drug-likeness (QED) is 0.815. The van der Waals surface area contributed by atoms with Gasteiger partial charge >= 0.3 is 0 Å². The number of ether oxygens (including phenoxy) is 2. The Balaban J connectivity index is 2.32. The van der Waals surface area contributed by atoms with E-state index in [9.17, 15) is 8.42 Å². The van der Waals surface area contributed by atoms with E-state index in [0.29, 0.717) is 37.8 Å². The number of hydrogen-bond donors (Lipinski definition) is 1. The van der Waals surface area contributed by atoms with Gasteiger partial charge in [-0.2, -0.15) is 4.31 Å². The van der Waals surface area contributed by atoms with Crippen molar-refractivity contribution < 1.29 is 17.9 Å². The minimum atomic E-state index is -3.51. The standard InChI is InChI=1S/C14H22N2O4S/c1-4-19-13-7-6-12(8-14(13)20-5-2)21(17,18)16(3)11-9-15-10-11/h6-8,11,15H,4-5,9-10H2,1-3H3. The van der Waals surface area contributed by atoms with Crippen LogP contribution in [0.4, 0.5) is 0 Å². The van der Waals surface area contributed by atoms with Crippen LogP contribution >= 0.6 is 0 Å². The lowest BCUT2D eigenvalue weighted by Gasteiger charge is -2.34. The van der Waals surface area contributed by atoms with Gasteiger partial charge in [-0.15, -0.1) is 0 Å². The smallest absolute Gasteiger partial charge is 0.243 e. The number of likely N-dealkylation sites (N-methyl/N-ethyl adjacent to an activating group) is 1. The van der Waals surface area contributed by atoms with Crippen LogP contribution in [0.25, 0.3) is 0 Å². The van der Waals surface area contributed by atoms with Gasteiger partial charge in [-0.05, 0) is 26.0 Å². The van der Waals surface area contributed by atoms with Gasteiger partial charge < -0.3 is 14.8 Å². The van der Waals surface area contributed by atoms with Crippen molar-refractivity contribution in [2.75, 3.05) is 33.4 Å². The topological polar surface area (TPSA) is 67.9 Å². The van der Waals surface area contributed by atoms with E-state index in [2.05, 4.69) is 5.32 Å². The molecule has 21 heavy (non-hydrogen) atoms. The van der Waals surface area contributed by atoms with Crippen LogP contribution in [0.3, 0.4) is 0 Å². The van der Waals surface area contributed by atoms with Crippen molar-refractivity contribution in [2.24, 2.45) is 0 Å². The van der Waals surface area contributed by atoms with E-state index in [4.69, 9.17) is 9.47 Å². The molecule has 1 aromatic carbocycles. The average Bonchev–Trinajstić information content (AvgIpc) is 2.39. The maximum atomic E-state index is 12.6. The summed E-state index contributed by atoms with van der Waals surface area (Å²) in [5, 5.41) is 3.07. The summed E-state index contributed by atoms with van der Waals surface area (Å²) < 4.78 is 37.5. The molecule has 1 fully saturated rings. The summed E-state index contributed by atoms with van der Waals surface area (Å²) in [5.74, 6) is 1.02. The summed E-state index contributed by atoms with van der Waals surface area (Å²) in [5.41, 5.74) is 0. The van der Waals surface area contributed by atoms with Crippen LogP contribution in [-0.2, 0) is 10.0 Å². The van der Waals surface area contributed by atoms with Gasteiger partial charge in [0.05, 0.1) is 18.1 Å². The van der Waals surface area contributed by atoms with Gasteiger partial charge in [0.15, 0.2) is 11.5 Å². The van der Waals surface area contributed by atoms with Crippen molar-refractivity contribution in [1.82, 2.24) is 9.62 Å². The Bertz CT molecular complexity index is 585. The lowest BCUT2D eigenvalue weighted by molar-refractivity contribution is 0.273. The molecule has 1 aliphatic heterocycles. The number of rotatable bonds is 7. The van der Waals surface area contributed by atoms with E-state index in [1.807, 2.05) is 13.8 Å². The van der Waals surface area contributed by atoms with Gasteiger partial charge in [0.2, 0.25) is 10.0 Å². The first-order valence-electron chi connectivity index (χ1n) is 7.09. The van der Waals surface area contributed by atoms with Crippen LogP contribution in [0.2, 0.25) is 0 Å². The average molecular weight is 314 g/mol. The van der Waals surface area contributed by atoms with Crippen LogP contribution in [-0.4, -0.2) is 52.1 Å². The van der Waals surface area contributed by atoms with Crippen molar-refractivity contribution in [3.8, 4) is 11.5 Å². The zero-order chi connectivity index (χ0) is 15.5. The Hall–Kier alpha value is -1.31. The summed E-state index contributed by atoms with van der Waals surface area (Å²) in [6.45, 7) is 6.04. The predicted octanol–water partition coefficient (Wildman–Crippen LogP) is 1.08. The van der Waals surface area contributed by atoms with Gasteiger partial charge in [-0.3, -0.25) is 0 Å². The number of benzene rings is 1. The zero-order valence-electron chi connectivity index (χ0n) is 12.6. The van der Waals surface area contributed by atoms with Crippen LogP contribution < -0.4 is 14.8 Å². The molecule has 0 amide bonds. The molecule has 6 nitrogen and oxygen atoms in total. The Morgan fingerprint density at radius 2 is 1.81 bits per heavy atom. The van der Waals surface area contributed by atoms with E-state index in [-0.39, 0.29) is 10.9 Å². The highest BCUT2D eigenvalue weighted by molar-refractivity contribution is 7.89. The molecule has 1 aromatic rings. The highest BCUT2D eigenvalue weighted by Crippen LogP contribution is 2.31. The predicted molar refractivity (Wildman–Crippen MR) is 80.4 cm³/mol. The first kappa shape index (κ1) is 16.1. The molecule has 1 N–H and O–H groups in total. The molecule has 0 saturated carbocycles. The third-order valence-corrected chi connectivity index (χ3v) is 5.37. The second kappa shape index (κ2) is 6.64. The third-order valence-electron chi connectivity index (χ3n) is 3.47. The molecule has 0 radical (unpaired) electrons. The maximum absolute atomic E-state index is 12.6. The second-order valence-electron chi connectivity index (χ2n) is 4.81. The number of sulfonamides is 1. The summed E-state index contributed by atoms with van der Waals surface area (Å²) in [6, 6.07) is 4.75. The normalized spacial score (nSPS) is 15.8. The van der Waals surface area contributed by atoms with E-state index in [1.165, 1.54) is 10.4 Å². The maximum Gasteiger partial charge on any atom is 0.243 e. The van der Waals surface area contributed by atoms with Crippen molar-refractivity contribution in [3.63, 3.8) is 0 Å². The van der Waals surface area contributed by atoms with E-state index < -0.39 is 10.0 Å². The summed E-state index contributed by atoms with van der Waals surface area (Å²) >= 11 is 0. The largest absolute Gasteiger partial charge is 0.490 e. The summed E-state index contributed by atoms with van der Waals surface area (Å²) in [4.78, 5) is 0.226. The highest BCUT2D eigenvalue weighted by atomic mass is 32.2. The summed E-state index contributed by atoms with van der Waals surface area (Å²) in [6.07, 6.45) is 0. The van der Waals surface area contributed by atoms with Gasteiger partial charge in [0, 0.05) is 32.2 Å². The van der Waals surface area contributed by atoms with Gasteiger partial charge in [-0.1, -0.05) is 0 Å². The van der Waals surface area contributed by atoms with Crippen molar-refractivity contribution in [3.05, 3.63) is 18.2 Å². The lowest BCUT2D eigenvalue weighted by Crippen LogP contribution is -2.57. The molecular formula is C14H22N2O4S. The van der Waals surface area contributed by atoms with Crippen molar-refractivity contribution in [1.29, 1.82) is 0 Å². The van der Waals surface area contributed by atoms with Crippen molar-refractivity contribution in [2.45, 2.75) is 24.8 Å². The fraction of sp³-hybridized carbons (Fsp3) is 0.571.